The SMILES string of the molecule is CC.CC1(C)c2cc(-c3cccc4c5c6ccccc6ccc5n(-c5nc(-c6ccccc6)nc(-c6ccccc6)n5)c34)ccc2-c2c1ccc1ccccc21. The molecule has 11 rings (SSSR count). The van der Waals surface area contributed by atoms with Gasteiger partial charge in [-0.25, -0.2) is 4.98 Å². The monoisotopic (exact) mass is 720 g/mol. The summed E-state index contributed by atoms with van der Waals surface area (Å²) < 4.78 is 2.27. The van der Waals surface area contributed by atoms with Crippen molar-refractivity contribution in [1.82, 2.24) is 19.5 Å². The molecule has 0 saturated heterocycles. The Bertz CT molecular complexity index is 3060. The molecule has 0 saturated carbocycles. The van der Waals surface area contributed by atoms with Crippen LogP contribution in [-0.2, 0) is 5.41 Å². The molecule has 0 atom stereocenters. The third kappa shape index (κ3) is 5.10. The van der Waals surface area contributed by atoms with Gasteiger partial charge in [-0.05, 0) is 61.5 Å². The number of rotatable bonds is 4. The van der Waals surface area contributed by atoms with Gasteiger partial charge >= 0.3 is 0 Å². The van der Waals surface area contributed by atoms with Gasteiger partial charge in [0, 0.05) is 32.9 Å². The summed E-state index contributed by atoms with van der Waals surface area (Å²) in [4.78, 5) is 15.6. The number of hydrogen-bond acceptors (Lipinski definition) is 3. The molecular formula is C52H40N4. The van der Waals surface area contributed by atoms with Gasteiger partial charge in [0.25, 0.3) is 0 Å². The minimum absolute atomic E-state index is 0.162. The van der Waals surface area contributed by atoms with Gasteiger partial charge in [0.05, 0.1) is 11.0 Å². The van der Waals surface area contributed by atoms with Crippen LogP contribution in [0, 0.1) is 0 Å². The van der Waals surface area contributed by atoms with Crippen molar-refractivity contribution in [2.75, 3.05) is 0 Å². The van der Waals surface area contributed by atoms with Crippen molar-refractivity contribution in [2.45, 2.75) is 33.1 Å². The molecule has 0 amide bonds. The summed E-state index contributed by atoms with van der Waals surface area (Å²) in [5, 5.41) is 7.33. The van der Waals surface area contributed by atoms with Gasteiger partial charge in [0.15, 0.2) is 11.6 Å². The van der Waals surface area contributed by atoms with Crippen molar-refractivity contribution in [2.24, 2.45) is 0 Å². The quantitative estimate of drug-likeness (QED) is 0.182. The highest BCUT2D eigenvalue weighted by Gasteiger charge is 2.37. The van der Waals surface area contributed by atoms with E-state index in [0.29, 0.717) is 17.6 Å². The standard InChI is InChI=1S/C50H34N4.C2H6/c1-50(2)41-28-25-31-14-9-11-20-36(31)44(41)39-27-24-35(30-42(39)50)38-22-13-23-40-45-37-21-12-10-15-32(37)26-29-43(45)54(46(38)40)49-52-47(33-16-5-3-6-17-33)51-48(53-49)34-18-7-4-8-19-34;1-2/h3-30H,1-2H3;1-2H3. The molecule has 0 bridgehead atoms. The fraction of sp³-hybridized carbons (Fsp3) is 0.0962. The third-order valence-electron chi connectivity index (χ3n) is 11.4. The first kappa shape index (κ1) is 33.6. The van der Waals surface area contributed by atoms with Crippen LogP contribution in [0.4, 0.5) is 0 Å². The molecule has 4 nitrogen and oxygen atoms in total. The van der Waals surface area contributed by atoms with Crippen LogP contribution >= 0.6 is 0 Å². The number of nitrogens with zero attached hydrogens (tertiary/aromatic N) is 4. The molecule has 8 aromatic carbocycles. The van der Waals surface area contributed by atoms with E-state index in [1.807, 2.05) is 50.2 Å². The average Bonchev–Trinajstić information content (AvgIpc) is 3.73. The summed E-state index contributed by atoms with van der Waals surface area (Å²) in [6.45, 7) is 8.72. The lowest BCUT2D eigenvalue weighted by molar-refractivity contribution is 0.661. The number of benzene rings is 8. The van der Waals surface area contributed by atoms with Crippen LogP contribution in [-0.4, -0.2) is 19.5 Å². The lowest BCUT2D eigenvalue weighted by atomic mass is 9.81. The van der Waals surface area contributed by atoms with E-state index in [1.54, 1.807) is 0 Å². The molecule has 0 aliphatic heterocycles. The summed E-state index contributed by atoms with van der Waals surface area (Å²) in [5.41, 5.74) is 11.5. The summed E-state index contributed by atoms with van der Waals surface area (Å²) >= 11 is 0. The molecule has 0 radical (unpaired) electrons. The topological polar surface area (TPSA) is 43.6 Å². The first-order valence-electron chi connectivity index (χ1n) is 19.5. The van der Waals surface area contributed by atoms with Crippen molar-refractivity contribution in [3.05, 3.63) is 181 Å². The Hall–Kier alpha value is -6.91. The molecule has 2 heterocycles. The number of para-hydroxylation sites is 1. The van der Waals surface area contributed by atoms with Gasteiger partial charge in [-0.1, -0.05) is 185 Å². The van der Waals surface area contributed by atoms with Gasteiger partial charge < -0.3 is 0 Å². The smallest absolute Gasteiger partial charge is 0.238 e. The number of fused-ring (bicyclic) bond motifs is 10. The highest BCUT2D eigenvalue weighted by molar-refractivity contribution is 6.23. The maximum absolute atomic E-state index is 5.26. The number of aromatic nitrogens is 4. The largest absolute Gasteiger partial charge is 0.277 e. The van der Waals surface area contributed by atoms with Gasteiger partial charge in [-0.3, -0.25) is 4.57 Å². The van der Waals surface area contributed by atoms with E-state index in [0.717, 1.165) is 33.1 Å². The van der Waals surface area contributed by atoms with Gasteiger partial charge in [-0.15, -0.1) is 0 Å². The van der Waals surface area contributed by atoms with E-state index < -0.39 is 0 Å². The molecule has 1 aliphatic carbocycles. The minimum atomic E-state index is -0.162. The first-order chi connectivity index (χ1) is 27.5. The Kier molecular flexibility index (Phi) is 7.89. The van der Waals surface area contributed by atoms with Gasteiger partial charge in [0.2, 0.25) is 5.95 Å². The molecule has 10 aromatic rings. The zero-order chi connectivity index (χ0) is 38.0. The van der Waals surface area contributed by atoms with Crippen molar-refractivity contribution in [1.29, 1.82) is 0 Å². The van der Waals surface area contributed by atoms with Crippen LogP contribution in [0.2, 0.25) is 0 Å². The van der Waals surface area contributed by atoms with Crippen molar-refractivity contribution in [3.63, 3.8) is 0 Å². The summed E-state index contributed by atoms with van der Waals surface area (Å²) in [6, 6.07) is 60.6. The van der Waals surface area contributed by atoms with Crippen LogP contribution in [0.3, 0.4) is 0 Å². The predicted octanol–water partition coefficient (Wildman–Crippen LogP) is 13.6. The highest BCUT2D eigenvalue weighted by atomic mass is 15.2. The summed E-state index contributed by atoms with van der Waals surface area (Å²) in [5.74, 6) is 1.86. The second-order valence-corrected chi connectivity index (χ2v) is 14.8. The fourth-order valence-corrected chi connectivity index (χ4v) is 8.85. The molecule has 56 heavy (non-hydrogen) atoms. The maximum atomic E-state index is 5.26. The Morgan fingerprint density at radius 1 is 0.446 bits per heavy atom. The lowest BCUT2D eigenvalue weighted by Crippen LogP contribution is -2.15. The second-order valence-electron chi connectivity index (χ2n) is 14.8. The van der Waals surface area contributed by atoms with Crippen LogP contribution in [0.15, 0.2) is 170 Å². The van der Waals surface area contributed by atoms with E-state index >= 15 is 0 Å². The normalized spacial score (nSPS) is 12.8. The Balaban J connectivity index is 0.00000189. The predicted molar refractivity (Wildman–Crippen MR) is 234 cm³/mol. The third-order valence-corrected chi connectivity index (χ3v) is 11.4. The molecule has 2 aromatic heterocycles. The highest BCUT2D eigenvalue weighted by Crippen LogP contribution is 2.52. The van der Waals surface area contributed by atoms with E-state index in [-0.39, 0.29) is 5.41 Å². The average molecular weight is 721 g/mol. The molecular weight excluding hydrogens is 681 g/mol. The summed E-state index contributed by atoms with van der Waals surface area (Å²) in [6.07, 6.45) is 0. The lowest BCUT2D eigenvalue weighted by Gasteiger charge is -2.22. The van der Waals surface area contributed by atoms with Crippen LogP contribution in [0.1, 0.15) is 38.8 Å². The number of hydrogen-bond donors (Lipinski definition) is 0. The second kappa shape index (κ2) is 13.1. The zero-order valence-corrected chi connectivity index (χ0v) is 32.0. The van der Waals surface area contributed by atoms with Crippen molar-refractivity contribution < 1.29 is 0 Å². The van der Waals surface area contributed by atoms with Crippen LogP contribution in [0.25, 0.3) is 94.3 Å². The van der Waals surface area contributed by atoms with E-state index in [2.05, 4.69) is 152 Å². The minimum Gasteiger partial charge on any atom is -0.277 e. The summed E-state index contributed by atoms with van der Waals surface area (Å²) in [7, 11) is 0. The van der Waals surface area contributed by atoms with Crippen LogP contribution in [0.5, 0.6) is 0 Å². The van der Waals surface area contributed by atoms with Gasteiger partial charge in [-0.2, -0.15) is 9.97 Å². The molecule has 0 spiro atoms. The van der Waals surface area contributed by atoms with E-state index in [1.165, 1.54) is 54.7 Å². The van der Waals surface area contributed by atoms with E-state index in [4.69, 9.17) is 15.0 Å². The fourth-order valence-electron chi connectivity index (χ4n) is 8.85. The Morgan fingerprint density at radius 2 is 1.04 bits per heavy atom. The molecule has 1 aliphatic rings. The Morgan fingerprint density at radius 3 is 1.73 bits per heavy atom. The van der Waals surface area contributed by atoms with E-state index in [9.17, 15) is 0 Å². The zero-order valence-electron chi connectivity index (χ0n) is 32.0. The first-order valence-corrected chi connectivity index (χ1v) is 19.5. The Labute approximate surface area is 326 Å². The molecule has 0 N–H and O–H groups in total. The molecule has 0 unspecified atom stereocenters. The van der Waals surface area contributed by atoms with Crippen molar-refractivity contribution in [3.8, 4) is 51.0 Å². The molecule has 4 heteroatoms. The maximum Gasteiger partial charge on any atom is 0.238 e. The van der Waals surface area contributed by atoms with Crippen molar-refractivity contribution >= 4 is 43.4 Å². The molecule has 0 fully saturated rings. The van der Waals surface area contributed by atoms with Gasteiger partial charge in [0.1, 0.15) is 0 Å². The van der Waals surface area contributed by atoms with Crippen LogP contribution < -0.4 is 0 Å². The molecule has 268 valence electrons.